The van der Waals surface area contributed by atoms with Crippen molar-refractivity contribution in [1.82, 2.24) is 0 Å². The van der Waals surface area contributed by atoms with E-state index in [4.69, 9.17) is 11.6 Å². The average molecular weight is 590 g/mol. The van der Waals surface area contributed by atoms with Gasteiger partial charge in [-0.15, -0.1) is 0 Å². The van der Waals surface area contributed by atoms with E-state index in [1.807, 2.05) is 0 Å². The van der Waals surface area contributed by atoms with Gasteiger partial charge in [0, 0.05) is 12.7 Å². The van der Waals surface area contributed by atoms with Gasteiger partial charge in [0.2, 0.25) is 15.9 Å². The molecule has 0 heterocycles. The van der Waals surface area contributed by atoms with Gasteiger partial charge < -0.3 is 5.32 Å². The number of nitrogens with zero attached hydrogens (tertiary/aromatic N) is 2. The van der Waals surface area contributed by atoms with E-state index in [0.717, 1.165) is 28.3 Å². The highest BCUT2D eigenvalue weighted by Crippen LogP contribution is 2.38. The molecule has 0 aromatic heterocycles. The Morgan fingerprint density at radius 2 is 1.58 bits per heavy atom. The molecular weight excluding hydrogens is 567 g/mol. The minimum Gasteiger partial charge on any atom is -0.324 e. The minimum absolute atomic E-state index is 0.141. The first kappa shape index (κ1) is 29.3. The molecule has 0 saturated carbocycles. The van der Waals surface area contributed by atoms with Crippen LogP contribution in [0.15, 0.2) is 71.6 Å². The van der Waals surface area contributed by atoms with Gasteiger partial charge in [0.1, 0.15) is 6.54 Å². The molecular formula is C24H23ClF3N3O5S2. The molecule has 1 N–H and O–H groups in total. The third kappa shape index (κ3) is 6.77. The van der Waals surface area contributed by atoms with Gasteiger partial charge in [0.15, 0.2) is 0 Å². The van der Waals surface area contributed by atoms with Gasteiger partial charge in [-0.25, -0.2) is 16.8 Å². The summed E-state index contributed by atoms with van der Waals surface area (Å²) in [6.07, 6.45) is -3.88. The molecule has 0 spiro atoms. The molecule has 3 aromatic rings. The van der Waals surface area contributed by atoms with Crippen molar-refractivity contribution in [1.29, 1.82) is 0 Å². The summed E-state index contributed by atoms with van der Waals surface area (Å²) in [5.41, 5.74) is -0.580. The fraction of sp³-hybridized carbons (Fsp3) is 0.208. The number of hydrogen-bond donors (Lipinski definition) is 1. The molecule has 0 aliphatic rings. The third-order valence-corrected chi connectivity index (χ3v) is 8.75. The van der Waals surface area contributed by atoms with E-state index in [1.54, 1.807) is 6.92 Å². The number of aryl methyl sites for hydroxylation is 1. The molecule has 0 fully saturated rings. The Morgan fingerprint density at radius 1 is 0.947 bits per heavy atom. The molecule has 0 atom stereocenters. The van der Waals surface area contributed by atoms with E-state index in [1.165, 1.54) is 55.6 Å². The van der Waals surface area contributed by atoms with Crippen LogP contribution in [0.2, 0.25) is 5.02 Å². The van der Waals surface area contributed by atoms with Crippen LogP contribution in [0.3, 0.4) is 0 Å². The average Bonchev–Trinajstić information content (AvgIpc) is 2.81. The van der Waals surface area contributed by atoms with Gasteiger partial charge in [-0.05, 0) is 55.5 Å². The Kier molecular flexibility index (Phi) is 8.34. The Bertz CT molecular complexity index is 1560. The molecule has 0 unspecified atom stereocenters. The number of carbonyl (C=O) groups is 1. The number of alkyl halides is 3. The molecule has 14 heteroatoms. The fourth-order valence-corrected chi connectivity index (χ4v) is 5.47. The number of carbonyl (C=O) groups excluding carboxylic acids is 1. The lowest BCUT2D eigenvalue weighted by atomic mass is 10.2. The molecule has 204 valence electrons. The molecule has 3 aromatic carbocycles. The van der Waals surface area contributed by atoms with Crippen molar-refractivity contribution in [3.05, 3.63) is 82.9 Å². The molecule has 1 amide bonds. The Morgan fingerprint density at radius 3 is 2.16 bits per heavy atom. The maximum absolute atomic E-state index is 13.5. The lowest BCUT2D eigenvalue weighted by molar-refractivity contribution is -0.137. The van der Waals surface area contributed by atoms with Crippen molar-refractivity contribution in [3.8, 4) is 0 Å². The lowest BCUT2D eigenvalue weighted by Crippen LogP contribution is -2.38. The molecule has 3 rings (SSSR count). The number of sulfonamides is 2. The zero-order valence-corrected chi connectivity index (χ0v) is 22.7. The lowest BCUT2D eigenvalue weighted by Gasteiger charge is -2.25. The van der Waals surface area contributed by atoms with E-state index in [-0.39, 0.29) is 16.3 Å². The zero-order valence-electron chi connectivity index (χ0n) is 20.3. The standard InChI is InChI=1S/C24H23ClF3N3O5S2/c1-16-7-10-20(11-8-16)38(35,36)31(19-9-12-22(25)21(14-19)24(26,27)28)15-23(32)29-17-5-4-6-18(13-17)30(2)37(3,33)34/h4-14H,15H2,1-3H3,(H,29,32). The van der Waals surface area contributed by atoms with E-state index < -0.39 is 54.9 Å². The van der Waals surface area contributed by atoms with Crippen LogP contribution < -0.4 is 13.9 Å². The van der Waals surface area contributed by atoms with Crippen molar-refractivity contribution in [2.75, 3.05) is 33.8 Å². The van der Waals surface area contributed by atoms with Gasteiger partial charge in [-0.3, -0.25) is 13.4 Å². The van der Waals surface area contributed by atoms with Crippen LogP contribution in [0.5, 0.6) is 0 Å². The molecule has 0 bridgehead atoms. The monoisotopic (exact) mass is 589 g/mol. The first-order chi connectivity index (χ1) is 17.5. The first-order valence-electron chi connectivity index (χ1n) is 10.8. The fourth-order valence-electron chi connectivity index (χ4n) is 3.34. The summed E-state index contributed by atoms with van der Waals surface area (Å²) < 4.78 is 92.7. The molecule has 8 nitrogen and oxygen atoms in total. The van der Waals surface area contributed by atoms with Gasteiger partial charge in [-0.2, -0.15) is 13.2 Å². The highest BCUT2D eigenvalue weighted by atomic mass is 35.5. The molecule has 0 aliphatic heterocycles. The predicted octanol–water partition coefficient (Wildman–Crippen LogP) is 4.90. The van der Waals surface area contributed by atoms with Crippen LogP contribution >= 0.6 is 11.6 Å². The highest BCUT2D eigenvalue weighted by molar-refractivity contribution is 7.93. The number of rotatable bonds is 8. The van der Waals surface area contributed by atoms with Crippen LogP contribution in [0.4, 0.5) is 30.2 Å². The number of amides is 1. The van der Waals surface area contributed by atoms with Gasteiger partial charge in [0.05, 0.1) is 33.1 Å². The van der Waals surface area contributed by atoms with Gasteiger partial charge >= 0.3 is 6.18 Å². The summed E-state index contributed by atoms with van der Waals surface area (Å²) in [6, 6.07) is 13.9. The van der Waals surface area contributed by atoms with Crippen molar-refractivity contribution in [3.63, 3.8) is 0 Å². The summed E-state index contributed by atoms with van der Waals surface area (Å²) in [7, 11) is -6.79. The Labute approximate surface area is 223 Å². The van der Waals surface area contributed by atoms with Gasteiger partial charge in [-0.1, -0.05) is 35.4 Å². The van der Waals surface area contributed by atoms with E-state index in [0.29, 0.717) is 10.4 Å². The van der Waals surface area contributed by atoms with Crippen LogP contribution in [-0.2, 0) is 31.0 Å². The summed E-state index contributed by atoms with van der Waals surface area (Å²) >= 11 is 5.71. The number of nitrogens with one attached hydrogen (secondary N) is 1. The summed E-state index contributed by atoms with van der Waals surface area (Å²) in [6.45, 7) is 0.840. The largest absolute Gasteiger partial charge is 0.417 e. The summed E-state index contributed by atoms with van der Waals surface area (Å²) in [5, 5.41) is 1.83. The van der Waals surface area contributed by atoms with E-state index in [9.17, 15) is 34.8 Å². The van der Waals surface area contributed by atoms with Crippen LogP contribution in [0.1, 0.15) is 11.1 Å². The normalized spacial score (nSPS) is 12.2. The second-order valence-corrected chi connectivity index (χ2v) is 12.6. The number of benzene rings is 3. The maximum Gasteiger partial charge on any atom is 0.417 e. The Hall–Kier alpha value is -3.29. The highest BCUT2D eigenvalue weighted by Gasteiger charge is 2.35. The van der Waals surface area contributed by atoms with Crippen molar-refractivity contribution in [2.24, 2.45) is 0 Å². The van der Waals surface area contributed by atoms with Crippen LogP contribution in [0.25, 0.3) is 0 Å². The van der Waals surface area contributed by atoms with E-state index >= 15 is 0 Å². The molecule has 0 aliphatic carbocycles. The summed E-state index contributed by atoms with van der Waals surface area (Å²) in [4.78, 5) is 12.7. The van der Waals surface area contributed by atoms with Gasteiger partial charge in [0.25, 0.3) is 10.0 Å². The van der Waals surface area contributed by atoms with Crippen molar-refractivity contribution >= 4 is 54.6 Å². The second kappa shape index (κ2) is 10.8. The Balaban J connectivity index is 2.01. The smallest absolute Gasteiger partial charge is 0.324 e. The first-order valence-corrected chi connectivity index (χ1v) is 14.5. The number of halogens is 4. The van der Waals surface area contributed by atoms with E-state index in [2.05, 4.69) is 5.32 Å². The zero-order chi connectivity index (χ0) is 28.5. The molecule has 38 heavy (non-hydrogen) atoms. The quantitative estimate of drug-likeness (QED) is 0.403. The number of anilines is 3. The third-order valence-electron chi connectivity index (χ3n) is 5.43. The summed E-state index contributed by atoms with van der Waals surface area (Å²) in [5.74, 6) is -0.886. The second-order valence-electron chi connectivity index (χ2n) is 8.32. The van der Waals surface area contributed by atoms with Crippen LogP contribution in [-0.4, -0.2) is 42.6 Å². The SMILES string of the molecule is Cc1ccc(S(=O)(=O)N(CC(=O)Nc2cccc(N(C)S(C)(=O)=O)c2)c2ccc(Cl)c(C(F)(F)F)c2)cc1. The van der Waals surface area contributed by atoms with Crippen LogP contribution in [0, 0.1) is 6.92 Å². The molecule has 0 radical (unpaired) electrons. The van der Waals surface area contributed by atoms with Crippen molar-refractivity contribution < 1.29 is 34.8 Å². The predicted molar refractivity (Wildman–Crippen MR) is 140 cm³/mol. The number of hydrogen-bond acceptors (Lipinski definition) is 5. The topological polar surface area (TPSA) is 104 Å². The molecule has 0 saturated heterocycles. The minimum atomic E-state index is -4.87. The maximum atomic E-state index is 13.5. The van der Waals surface area contributed by atoms with Crippen molar-refractivity contribution in [2.45, 2.75) is 18.0 Å².